The van der Waals surface area contributed by atoms with Crippen molar-refractivity contribution in [3.63, 3.8) is 0 Å². The van der Waals surface area contributed by atoms with Crippen LogP contribution in [0.25, 0.3) is 0 Å². The van der Waals surface area contributed by atoms with Gasteiger partial charge >= 0.3 is 18.0 Å². The fourth-order valence-corrected chi connectivity index (χ4v) is 9.09. The Labute approximate surface area is 251 Å². The van der Waals surface area contributed by atoms with Crippen LogP contribution in [-0.2, 0) is 36.3 Å². The van der Waals surface area contributed by atoms with E-state index in [4.69, 9.17) is 5.26 Å². The van der Waals surface area contributed by atoms with Crippen molar-refractivity contribution in [1.82, 2.24) is 14.8 Å². The first-order valence-electron chi connectivity index (χ1n) is 13.7. The van der Waals surface area contributed by atoms with Crippen molar-refractivity contribution in [2.45, 2.75) is 78.3 Å². The molecule has 0 spiro atoms. The van der Waals surface area contributed by atoms with E-state index in [0.29, 0.717) is 6.07 Å². The van der Waals surface area contributed by atoms with E-state index in [9.17, 15) is 53.1 Å². The Morgan fingerprint density at radius 3 is 2.24 bits per heavy atom. The maximum absolute atomic E-state index is 14.9. The second kappa shape index (κ2) is 10.9. The highest BCUT2D eigenvalue weighted by Gasteiger charge is 2.75. The van der Waals surface area contributed by atoms with Crippen LogP contribution < -0.4 is 0 Å². The van der Waals surface area contributed by atoms with Crippen LogP contribution in [0.4, 0.5) is 35.1 Å². The van der Waals surface area contributed by atoms with Crippen LogP contribution in [0.3, 0.4) is 0 Å². The Hall–Kier alpha value is -3.81. The Morgan fingerprint density at radius 2 is 1.64 bits per heavy atom. The average Bonchev–Trinajstić information content (AvgIpc) is 3.55. The summed E-state index contributed by atoms with van der Waals surface area (Å²) in [6.07, 6.45) is -14.0. The maximum atomic E-state index is 14.9. The predicted molar refractivity (Wildman–Crippen MR) is 138 cm³/mol. The lowest BCUT2D eigenvalue weighted by atomic mass is 9.80. The van der Waals surface area contributed by atoms with Gasteiger partial charge in [0.25, 0.3) is 0 Å². The first kappa shape index (κ1) is 32.6. The van der Waals surface area contributed by atoms with Gasteiger partial charge in [-0.1, -0.05) is 6.07 Å². The van der Waals surface area contributed by atoms with E-state index in [0.717, 1.165) is 24.3 Å². The van der Waals surface area contributed by atoms with Crippen LogP contribution >= 0.6 is 0 Å². The Kier molecular flexibility index (Phi) is 7.90. The van der Waals surface area contributed by atoms with Gasteiger partial charge in [-0.15, -0.1) is 0 Å². The van der Waals surface area contributed by atoms with Crippen molar-refractivity contribution in [3.05, 3.63) is 59.2 Å². The number of alkyl halides is 7. The minimum Gasteiger partial charge on any atom is -0.336 e. The normalized spacial score (nSPS) is 23.9. The molecule has 2 amide bonds. The molecule has 45 heavy (non-hydrogen) atoms. The number of fused-ring (bicyclic) bond motifs is 3. The number of carbonyl (C=O) groups is 2. The lowest BCUT2D eigenvalue weighted by Crippen LogP contribution is -2.56. The van der Waals surface area contributed by atoms with Gasteiger partial charge in [0.2, 0.25) is 11.8 Å². The van der Waals surface area contributed by atoms with Crippen molar-refractivity contribution >= 4 is 21.7 Å². The number of carbonyl (C=O) groups excluding carboxylic acids is 2. The minimum atomic E-state index is -6.45. The van der Waals surface area contributed by atoms with E-state index in [2.05, 4.69) is 4.98 Å². The van der Waals surface area contributed by atoms with E-state index < -0.39 is 79.1 Å². The maximum Gasteiger partial charge on any atom is 0.437 e. The molecule has 1 aromatic carbocycles. The van der Waals surface area contributed by atoms with Crippen LogP contribution in [0.5, 0.6) is 0 Å². The lowest BCUT2D eigenvalue weighted by molar-refractivity contribution is -0.350. The predicted octanol–water partition coefficient (Wildman–Crippen LogP) is 4.63. The smallest absolute Gasteiger partial charge is 0.336 e. The molecule has 1 aromatic heterocycles. The standard InChI is InChI=1S/C28H24F8N4O4S/c29-16-2-4-17(5-3-16)45(43,44)25-12-15-40(24(42)20-8-11-23(41)39(20)14-1-13-37)22(25)10-7-19-18(25)6-9-21(38-19)26(30,27(31,32)33)28(34,35)36/h2-6,9,20,22H,1,7-8,10-12,14-15H2/t20-,22+,25+/m0/s1. The number of aromatic nitrogens is 1. The highest BCUT2D eigenvalue weighted by Crippen LogP contribution is 2.56. The third-order valence-corrected chi connectivity index (χ3v) is 11.4. The number of sulfone groups is 1. The molecule has 5 rings (SSSR count). The number of benzene rings is 1. The van der Waals surface area contributed by atoms with Gasteiger partial charge in [-0.25, -0.2) is 17.2 Å². The summed E-state index contributed by atoms with van der Waals surface area (Å²) in [6, 6.07) is 4.03. The van der Waals surface area contributed by atoms with Gasteiger partial charge in [0.05, 0.1) is 29.1 Å². The van der Waals surface area contributed by atoms with E-state index in [1.54, 1.807) is 0 Å². The largest absolute Gasteiger partial charge is 0.437 e. The zero-order chi connectivity index (χ0) is 33.2. The molecule has 3 aliphatic rings. The van der Waals surface area contributed by atoms with E-state index in [-0.39, 0.29) is 62.7 Å². The number of pyridine rings is 1. The number of likely N-dealkylation sites (tertiary alicyclic amines) is 2. The van der Waals surface area contributed by atoms with Gasteiger partial charge in [0.1, 0.15) is 16.6 Å². The summed E-state index contributed by atoms with van der Waals surface area (Å²) >= 11 is 0. The van der Waals surface area contributed by atoms with Crippen LogP contribution in [0.1, 0.15) is 49.1 Å². The van der Waals surface area contributed by atoms with Gasteiger partial charge in [-0.2, -0.15) is 31.6 Å². The number of hydrogen-bond acceptors (Lipinski definition) is 6. The monoisotopic (exact) mass is 664 g/mol. The molecule has 17 heteroatoms. The highest BCUT2D eigenvalue weighted by atomic mass is 32.2. The van der Waals surface area contributed by atoms with Crippen molar-refractivity contribution in [2.75, 3.05) is 13.1 Å². The van der Waals surface area contributed by atoms with Crippen molar-refractivity contribution in [2.24, 2.45) is 0 Å². The quantitative estimate of drug-likeness (QED) is 0.329. The summed E-state index contributed by atoms with van der Waals surface area (Å²) in [5, 5.41) is 8.98. The first-order chi connectivity index (χ1) is 20.9. The van der Waals surface area contributed by atoms with E-state index in [1.165, 1.54) is 9.80 Å². The number of nitrogens with zero attached hydrogens (tertiary/aromatic N) is 4. The van der Waals surface area contributed by atoms with Gasteiger partial charge < -0.3 is 9.80 Å². The molecule has 0 bridgehead atoms. The van der Waals surface area contributed by atoms with Crippen LogP contribution in [0, 0.1) is 17.1 Å². The van der Waals surface area contributed by atoms with Gasteiger partial charge in [0.15, 0.2) is 9.84 Å². The average molecular weight is 665 g/mol. The van der Waals surface area contributed by atoms with Crippen LogP contribution in [-0.4, -0.2) is 72.5 Å². The Morgan fingerprint density at radius 1 is 1.00 bits per heavy atom. The molecular weight excluding hydrogens is 640 g/mol. The van der Waals surface area contributed by atoms with Crippen molar-refractivity contribution in [1.29, 1.82) is 5.26 Å². The molecule has 2 fully saturated rings. The van der Waals surface area contributed by atoms with Gasteiger partial charge in [-0.3, -0.25) is 14.6 Å². The summed E-state index contributed by atoms with van der Waals surface area (Å²) < 4.78 is 136. The number of rotatable bonds is 6. The molecule has 2 aromatic rings. The topological polar surface area (TPSA) is 111 Å². The molecule has 3 heterocycles. The van der Waals surface area contributed by atoms with Crippen molar-refractivity contribution in [3.8, 4) is 6.07 Å². The second-order valence-corrected chi connectivity index (χ2v) is 13.3. The number of nitriles is 1. The molecule has 0 saturated carbocycles. The summed E-state index contributed by atoms with van der Waals surface area (Å²) in [4.78, 5) is 31.8. The Bertz CT molecular complexity index is 1660. The molecule has 1 aliphatic carbocycles. The third kappa shape index (κ3) is 4.83. The third-order valence-electron chi connectivity index (χ3n) is 8.82. The first-order valence-corrected chi connectivity index (χ1v) is 15.2. The zero-order valence-corrected chi connectivity index (χ0v) is 23.9. The fourth-order valence-electron chi connectivity index (χ4n) is 6.74. The lowest BCUT2D eigenvalue weighted by Gasteiger charge is -2.43. The minimum absolute atomic E-state index is 0.00170. The van der Waals surface area contributed by atoms with Crippen LogP contribution in [0.2, 0.25) is 0 Å². The summed E-state index contributed by atoms with van der Waals surface area (Å²) in [6.45, 7) is -0.289. The molecule has 242 valence electrons. The van der Waals surface area contributed by atoms with Crippen molar-refractivity contribution < 1.29 is 53.1 Å². The van der Waals surface area contributed by atoms with Gasteiger partial charge in [-0.05, 0) is 61.6 Å². The summed E-state index contributed by atoms with van der Waals surface area (Å²) in [5.74, 6) is -1.81. The molecule has 0 unspecified atom stereocenters. The van der Waals surface area contributed by atoms with E-state index in [1.807, 2.05) is 6.07 Å². The number of halogens is 8. The summed E-state index contributed by atoms with van der Waals surface area (Å²) in [7, 11) is -4.69. The molecule has 2 saturated heterocycles. The van der Waals surface area contributed by atoms with Gasteiger partial charge in [0, 0.05) is 25.2 Å². The van der Waals surface area contributed by atoms with Crippen LogP contribution in [0.15, 0.2) is 41.3 Å². The molecular formula is C28H24F8N4O4S. The number of aryl methyl sites for hydroxylation is 1. The molecule has 2 aliphatic heterocycles. The van der Waals surface area contributed by atoms with E-state index >= 15 is 0 Å². The SMILES string of the molecule is N#CCCN1C(=O)CC[C@H]1C(=O)N1CC[C@@]2(S(=O)(=O)c3ccc(F)cc3)c3ccc(C(F)(C(F)(F)F)C(F)(F)F)nc3CC[C@@H]12. The molecule has 0 radical (unpaired) electrons. The zero-order valence-electron chi connectivity index (χ0n) is 23.1. The number of hydrogen-bond donors (Lipinski definition) is 0. The molecule has 0 N–H and O–H groups in total. The highest BCUT2D eigenvalue weighted by molar-refractivity contribution is 7.92. The molecule has 3 atom stereocenters. The fraction of sp³-hybridized carbons (Fsp3) is 0.500. The molecule has 8 nitrogen and oxygen atoms in total. The second-order valence-electron chi connectivity index (χ2n) is 11.1. The Balaban J connectivity index is 1.65. The number of amides is 2. The summed E-state index contributed by atoms with van der Waals surface area (Å²) in [5.41, 5.74) is -8.70.